The van der Waals surface area contributed by atoms with Crippen molar-refractivity contribution in [1.29, 1.82) is 0 Å². The van der Waals surface area contributed by atoms with Gasteiger partial charge in [-0.15, -0.1) is 0 Å². The number of ether oxygens (including phenoxy) is 1. The van der Waals surface area contributed by atoms with Crippen molar-refractivity contribution in [2.45, 2.75) is 18.9 Å². The lowest BCUT2D eigenvalue weighted by atomic mass is 10.1. The quantitative estimate of drug-likeness (QED) is 0.773. The van der Waals surface area contributed by atoms with Gasteiger partial charge in [-0.05, 0) is 25.0 Å². The van der Waals surface area contributed by atoms with Gasteiger partial charge in [-0.2, -0.15) is 9.78 Å². The van der Waals surface area contributed by atoms with Gasteiger partial charge in [0, 0.05) is 32.6 Å². The molecule has 1 saturated heterocycles. The minimum atomic E-state index is -0.251. The molecule has 3 aliphatic heterocycles. The minimum absolute atomic E-state index is 0.0591. The Bertz CT molecular complexity index is 955. The Hall–Kier alpha value is -2.93. The number of benzene rings is 1. The van der Waals surface area contributed by atoms with Crippen LogP contribution in [0, 0.1) is 0 Å². The molecule has 1 atom stereocenters. The summed E-state index contributed by atoms with van der Waals surface area (Å²) in [7, 11) is 1.79. The highest BCUT2D eigenvalue weighted by molar-refractivity contribution is 5.99. The second-order valence-corrected chi connectivity index (χ2v) is 6.50. The molecule has 26 heavy (non-hydrogen) atoms. The third-order valence-electron chi connectivity index (χ3n) is 4.56. The SMILES string of the molecule is Cn1cc(C(=O)NC[C@@H]2CCCO2)c2nn(-c3ccccc3)c(=O)c-2c1. The Labute approximate surface area is 150 Å². The number of carbonyl (C=O) groups is 1. The summed E-state index contributed by atoms with van der Waals surface area (Å²) in [4.78, 5) is 25.5. The van der Waals surface area contributed by atoms with Crippen LogP contribution in [0.25, 0.3) is 16.9 Å². The number of carbonyl (C=O) groups excluding carboxylic acids is 1. The van der Waals surface area contributed by atoms with E-state index in [1.54, 1.807) is 24.0 Å². The zero-order valence-corrected chi connectivity index (χ0v) is 14.5. The van der Waals surface area contributed by atoms with Crippen molar-refractivity contribution in [1.82, 2.24) is 19.7 Å². The number of pyridine rings is 1. The molecule has 3 heterocycles. The first-order valence-corrected chi connectivity index (χ1v) is 8.68. The van der Waals surface area contributed by atoms with Crippen LogP contribution in [-0.2, 0) is 11.8 Å². The summed E-state index contributed by atoms with van der Waals surface area (Å²) >= 11 is 0. The van der Waals surface area contributed by atoms with Crippen molar-refractivity contribution in [2.75, 3.05) is 13.2 Å². The number of aryl methyl sites for hydroxylation is 1. The highest BCUT2D eigenvalue weighted by atomic mass is 16.5. The van der Waals surface area contributed by atoms with E-state index in [4.69, 9.17) is 4.74 Å². The summed E-state index contributed by atoms with van der Waals surface area (Å²) in [5.41, 5.74) is 1.63. The van der Waals surface area contributed by atoms with Crippen LogP contribution in [0.5, 0.6) is 0 Å². The monoisotopic (exact) mass is 352 g/mol. The molecule has 134 valence electrons. The van der Waals surface area contributed by atoms with Crippen LogP contribution in [0.4, 0.5) is 0 Å². The van der Waals surface area contributed by atoms with Gasteiger partial charge in [0.15, 0.2) is 0 Å². The van der Waals surface area contributed by atoms with E-state index in [1.165, 1.54) is 4.68 Å². The third-order valence-corrected chi connectivity index (χ3v) is 4.56. The molecule has 0 aliphatic carbocycles. The topological polar surface area (TPSA) is 78.2 Å². The van der Waals surface area contributed by atoms with Crippen molar-refractivity contribution >= 4 is 5.91 Å². The molecular weight excluding hydrogens is 332 g/mol. The van der Waals surface area contributed by atoms with Crippen LogP contribution in [0.1, 0.15) is 23.2 Å². The second-order valence-electron chi connectivity index (χ2n) is 6.50. The smallest absolute Gasteiger partial charge is 0.282 e. The van der Waals surface area contributed by atoms with Crippen LogP contribution >= 0.6 is 0 Å². The van der Waals surface area contributed by atoms with E-state index in [1.807, 2.05) is 30.3 Å². The fourth-order valence-corrected chi connectivity index (χ4v) is 3.25. The number of hydrogen-bond acceptors (Lipinski definition) is 4. The normalized spacial score (nSPS) is 16.9. The van der Waals surface area contributed by atoms with Gasteiger partial charge in [0.2, 0.25) is 0 Å². The number of amides is 1. The van der Waals surface area contributed by atoms with E-state index in [-0.39, 0.29) is 17.6 Å². The van der Waals surface area contributed by atoms with Gasteiger partial charge >= 0.3 is 0 Å². The first-order valence-electron chi connectivity index (χ1n) is 8.68. The first kappa shape index (κ1) is 16.5. The Kier molecular flexibility index (Phi) is 4.30. The number of nitrogens with zero attached hydrogens (tertiary/aromatic N) is 3. The Morgan fingerprint density at radius 2 is 2.12 bits per heavy atom. The number of para-hydroxylation sites is 1. The van der Waals surface area contributed by atoms with E-state index in [0.717, 1.165) is 19.4 Å². The third kappa shape index (κ3) is 3.01. The van der Waals surface area contributed by atoms with E-state index in [9.17, 15) is 9.59 Å². The molecule has 3 aliphatic rings. The van der Waals surface area contributed by atoms with E-state index in [0.29, 0.717) is 29.1 Å². The van der Waals surface area contributed by atoms with Crippen LogP contribution in [0.3, 0.4) is 0 Å². The van der Waals surface area contributed by atoms with Gasteiger partial charge in [-0.1, -0.05) is 18.2 Å². The molecule has 1 aromatic carbocycles. The summed E-state index contributed by atoms with van der Waals surface area (Å²) in [5.74, 6) is -0.251. The van der Waals surface area contributed by atoms with Crippen molar-refractivity contribution < 1.29 is 9.53 Å². The lowest BCUT2D eigenvalue weighted by molar-refractivity contribution is 0.0857. The second kappa shape index (κ2) is 6.76. The number of aromatic nitrogens is 3. The molecule has 7 heteroatoms. The highest BCUT2D eigenvalue weighted by Gasteiger charge is 2.25. The lowest BCUT2D eigenvalue weighted by Gasteiger charge is -2.12. The molecule has 0 bridgehead atoms. The molecule has 4 rings (SSSR count). The van der Waals surface area contributed by atoms with Gasteiger partial charge in [0.05, 0.1) is 22.9 Å². The molecule has 1 fully saturated rings. The van der Waals surface area contributed by atoms with Gasteiger partial charge in [-0.3, -0.25) is 9.59 Å². The zero-order valence-electron chi connectivity index (χ0n) is 14.5. The summed E-state index contributed by atoms with van der Waals surface area (Å²) in [6.07, 6.45) is 5.41. The van der Waals surface area contributed by atoms with Crippen LogP contribution in [0.15, 0.2) is 47.5 Å². The average molecular weight is 352 g/mol. The predicted molar refractivity (Wildman–Crippen MR) is 96.7 cm³/mol. The molecule has 0 aromatic heterocycles. The van der Waals surface area contributed by atoms with Gasteiger partial charge < -0.3 is 14.6 Å². The maximum Gasteiger partial charge on any atom is 0.282 e. The number of hydrogen-bond donors (Lipinski definition) is 1. The number of rotatable bonds is 4. The maximum atomic E-state index is 12.8. The lowest BCUT2D eigenvalue weighted by Crippen LogP contribution is -2.32. The fraction of sp³-hybridized carbons (Fsp3) is 0.316. The summed E-state index contributed by atoms with van der Waals surface area (Å²) in [6, 6.07) is 9.18. The van der Waals surface area contributed by atoms with Crippen molar-refractivity contribution in [2.24, 2.45) is 7.05 Å². The summed E-state index contributed by atoms with van der Waals surface area (Å²) in [6.45, 7) is 1.20. The first-order chi connectivity index (χ1) is 12.6. The zero-order chi connectivity index (χ0) is 18.1. The van der Waals surface area contributed by atoms with E-state index < -0.39 is 0 Å². The number of nitrogens with one attached hydrogen (secondary N) is 1. The van der Waals surface area contributed by atoms with Crippen molar-refractivity contribution in [3.8, 4) is 16.9 Å². The molecule has 1 N–H and O–H groups in total. The summed E-state index contributed by atoms with van der Waals surface area (Å²) in [5, 5.41) is 7.32. The predicted octanol–water partition coefficient (Wildman–Crippen LogP) is 1.58. The Morgan fingerprint density at radius 3 is 2.85 bits per heavy atom. The molecular formula is C19H20N4O3. The van der Waals surface area contributed by atoms with Gasteiger partial charge in [0.25, 0.3) is 11.5 Å². The molecule has 0 saturated carbocycles. The van der Waals surface area contributed by atoms with Crippen LogP contribution < -0.4 is 10.9 Å². The maximum absolute atomic E-state index is 12.8. The van der Waals surface area contributed by atoms with Crippen molar-refractivity contribution in [3.05, 3.63) is 58.6 Å². The molecule has 1 aromatic rings. The van der Waals surface area contributed by atoms with Gasteiger partial charge in [0.1, 0.15) is 5.69 Å². The van der Waals surface area contributed by atoms with Crippen LogP contribution in [-0.4, -0.2) is 39.5 Å². The molecule has 0 spiro atoms. The minimum Gasteiger partial charge on any atom is -0.376 e. The summed E-state index contributed by atoms with van der Waals surface area (Å²) < 4.78 is 8.59. The van der Waals surface area contributed by atoms with E-state index >= 15 is 0 Å². The standard InChI is InChI=1S/C19H20N4O3/c1-22-11-15(18(24)20-10-14-8-5-9-26-14)17-16(12-22)19(25)23(21-17)13-6-3-2-4-7-13/h2-4,6-7,11-12,14H,5,8-10H2,1H3,(H,20,24)/t14-/m0/s1. The Morgan fingerprint density at radius 1 is 1.31 bits per heavy atom. The van der Waals surface area contributed by atoms with Crippen molar-refractivity contribution in [3.63, 3.8) is 0 Å². The molecule has 0 unspecified atom stereocenters. The largest absolute Gasteiger partial charge is 0.376 e. The highest BCUT2D eigenvalue weighted by Crippen LogP contribution is 2.22. The average Bonchev–Trinajstić information content (AvgIpc) is 3.28. The molecule has 0 radical (unpaired) electrons. The molecule has 1 amide bonds. The van der Waals surface area contributed by atoms with Crippen LogP contribution in [0.2, 0.25) is 0 Å². The van der Waals surface area contributed by atoms with E-state index in [2.05, 4.69) is 10.4 Å². The molecule has 7 nitrogen and oxygen atoms in total. The Balaban J connectivity index is 1.70. The van der Waals surface area contributed by atoms with Gasteiger partial charge in [-0.25, -0.2) is 0 Å². The number of fused-ring (bicyclic) bond motifs is 1. The fourth-order valence-electron chi connectivity index (χ4n) is 3.25.